The molecular formula is C15H21N3OS. The maximum atomic E-state index is 10.5. The normalized spacial score (nSPS) is 14.2. The fourth-order valence-electron chi connectivity index (χ4n) is 1.90. The molecule has 0 radical (unpaired) electrons. The summed E-state index contributed by atoms with van der Waals surface area (Å²) in [6, 6.07) is 9.73. The Morgan fingerprint density at radius 1 is 1.30 bits per heavy atom. The van der Waals surface area contributed by atoms with Gasteiger partial charge in [0.1, 0.15) is 5.82 Å². The molecule has 108 valence electrons. The van der Waals surface area contributed by atoms with Gasteiger partial charge in [-0.15, -0.1) is 0 Å². The summed E-state index contributed by atoms with van der Waals surface area (Å²) in [5.41, 5.74) is 0.0988. The molecule has 1 heterocycles. The van der Waals surface area contributed by atoms with E-state index >= 15 is 0 Å². The summed E-state index contributed by atoms with van der Waals surface area (Å²) in [6.45, 7) is 6.65. The molecule has 0 saturated carbocycles. The Balaban J connectivity index is 1.88. The molecule has 1 unspecified atom stereocenters. The van der Waals surface area contributed by atoms with E-state index in [1.165, 1.54) is 11.5 Å². The maximum absolute atomic E-state index is 10.5. The van der Waals surface area contributed by atoms with E-state index in [4.69, 9.17) is 0 Å². The maximum Gasteiger partial charge on any atom is 0.202 e. The minimum absolute atomic E-state index is 0.342. The second kappa shape index (κ2) is 6.33. The Hall–Kier alpha value is -1.46. The van der Waals surface area contributed by atoms with Gasteiger partial charge in [-0.3, -0.25) is 0 Å². The van der Waals surface area contributed by atoms with Gasteiger partial charge in [0.2, 0.25) is 5.13 Å². The van der Waals surface area contributed by atoms with Crippen molar-refractivity contribution >= 4 is 16.7 Å². The molecule has 0 aliphatic carbocycles. The highest BCUT2D eigenvalue weighted by Gasteiger charge is 2.22. The predicted octanol–water partition coefficient (Wildman–Crippen LogP) is 3.37. The van der Waals surface area contributed by atoms with Crippen LogP contribution in [0.3, 0.4) is 0 Å². The van der Waals surface area contributed by atoms with E-state index in [0.717, 1.165) is 16.5 Å². The molecule has 2 N–H and O–H groups in total. The summed E-state index contributed by atoms with van der Waals surface area (Å²) in [5, 5.41) is 14.5. The van der Waals surface area contributed by atoms with Crippen LogP contribution in [0.25, 0.3) is 0 Å². The van der Waals surface area contributed by atoms with Crippen LogP contribution in [0.5, 0.6) is 0 Å². The summed E-state index contributed by atoms with van der Waals surface area (Å²) >= 11 is 1.37. The van der Waals surface area contributed by atoms with Gasteiger partial charge in [-0.1, -0.05) is 44.2 Å². The molecule has 1 atom stereocenters. The molecule has 0 fully saturated rings. The zero-order valence-corrected chi connectivity index (χ0v) is 12.9. The van der Waals surface area contributed by atoms with Gasteiger partial charge in [-0.05, 0) is 18.9 Å². The quantitative estimate of drug-likeness (QED) is 0.856. The average molecular weight is 291 g/mol. The van der Waals surface area contributed by atoms with Crippen molar-refractivity contribution < 1.29 is 5.11 Å². The summed E-state index contributed by atoms with van der Waals surface area (Å²) in [6.07, 6.45) is 0.619. The number of nitrogens with zero attached hydrogens (tertiary/aromatic N) is 2. The van der Waals surface area contributed by atoms with Gasteiger partial charge in [0.15, 0.2) is 0 Å². The van der Waals surface area contributed by atoms with Crippen molar-refractivity contribution in [2.45, 2.75) is 38.7 Å². The number of hydrogen-bond acceptors (Lipinski definition) is 5. The van der Waals surface area contributed by atoms with Crippen LogP contribution in [0.4, 0.5) is 5.13 Å². The van der Waals surface area contributed by atoms with Crippen molar-refractivity contribution in [3.63, 3.8) is 0 Å². The number of benzene rings is 1. The zero-order valence-electron chi connectivity index (χ0n) is 12.1. The molecule has 0 spiro atoms. The Morgan fingerprint density at radius 3 is 2.60 bits per heavy atom. The van der Waals surface area contributed by atoms with E-state index in [2.05, 4.69) is 28.5 Å². The molecule has 1 aromatic heterocycles. The number of rotatable bonds is 6. The fourth-order valence-corrected chi connectivity index (χ4v) is 2.63. The SMILES string of the molecule is CC(C)c1nsc(NCCC(C)(O)c2ccccc2)n1. The van der Waals surface area contributed by atoms with Crippen LogP contribution in [0.1, 0.15) is 44.5 Å². The van der Waals surface area contributed by atoms with Crippen LogP contribution in [0, 0.1) is 0 Å². The number of aliphatic hydroxyl groups is 1. The topological polar surface area (TPSA) is 58.0 Å². The third-order valence-corrected chi connectivity index (χ3v) is 3.93. The highest BCUT2D eigenvalue weighted by atomic mass is 32.1. The molecule has 0 aliphatic rings. The van der Waals surface area contributed by atoms with Crippen molar-refractivity contribution in [1.29, 1.82) is 0 Å². The van der Waals surface area contributed by atoms with Crippen LogP contribution in [0.15, 0.2) is 30.3 Å². The van der Waals surface area contributed by atoms with Gasteiger partial charge in [-0.2, -0.15) is 4.37 Å². The van der Waals surface area contributed by atoms with Gasteiger partial charge in [-0.25, -0.2) is 4.98 Å². The lowest BCUT2D eigenvalue weighted by Crippen LogP contribution is -2.24. The molecule has 0 amide bonds. The number of hydrogen-bond donors (Lipinski definition) is 2. The second-order valence-corrected chi connectivity index (χ2v) is 6.18. The summed E-state index contributed by atoms with van der Waals surface area (Å²) in [5.74, 6) is 1.21. The van der Waals surface area contributed by atoms with Gasteiger partial charge in [0.25, 0.3) is 0 Å². The Labute approximate surface area is 124 Å². The van der Waals surface area contributed by atoms with E-state index < -0.39 is 5.60 Å². The molecule has 4 nitrogen and oxygen atoms in total. The Kier molecular flexibility index (Phi) is 4.73. The zero-order chi connectivity index (χ0) is 14.6. The first-order chi connectivity index (χ1) is 9.49. The Morgan fingerprint density at radius 2 is 2.00 bits per heavy atom. The van der Waals surface area contributed by atoms with Crippen molar-refractivity contribution in [1.82, 2.24) is 9.36 Å². The van der Waals surface area contributed by atoms with Crippen molar-refractivity contribution in [3.8, 4) is 0 Å². The van der Waals surface area contributed by atoms with Crippen LogP contribution >= 0.6 is 11.5 Å². The van der Waals surface area contributed by atoms with E-state index in [1.807, 2.05) is 37.3 Å². The van der Waals surface area contributed by atoms with Gasteiger partial charge < -0.3 is 10.4 Å². The molecule has 2 rings (SSSR count). The van der Waals surface area contributed by atoms with Crippen LogP contribution < -0.4 is 5.32 Å². The third kappa shape index (κ3) is 3.77. The smallest absolute Gasteiger partial charge is 0.202 e. The molecule has 1 aromatic carbocycles. The first-order valence-electron chi connectivity index (χ1n) is 6.84. The number of nitrogens with one attached hydrogen (secondary N) is 1. The van der Waals surface area contributed by atoms with E-state index in [9.17, 15) is 5.11 Å². The fraction of sp³-hybridized carbons (Fsp3) is 0.467. The highest BCUT2D eigenvalue weighted by Crippen LogP contribution is 2.24. The minimum Gasteiger partial charge on any atom is -0.385 e. The van der Waals surface area contributed by atoms with Crippen LogP contribution in [-0.4, -0.2) is 21.0 Å². The van der Waals surface area contributed by atoms with Crippen molar-refractivity contribution in [2.75, 3.05) is 11.9 Å². The van der Waals surface area contributed by atoms with Gasteiger partial charge in [0.05, 0.1) is 5.60 Å². The lowest BCUT2D eigenvalue weighted by Gasteiger charge is -2.23. The first-order valence-corrected chi connectivity index (χ1v) is 7.62. The molecule has 0 aliphatic heterocycles. The highest BCUT2D eigenvalue weighted by molar-refractivity contribution is 7.09. The molecule has 0 saturated heterocycles. The molecule has 20 heavy (non-hydrogen) atoms. The summed E-state index contributed by atoms with van der Waals surface area (Å²) in [7, 11) is 0. The molecular weight excluding hydrogens is 270 g/mol. The largest absolute Gasteiger partial charge is 0.385 e. The monoisotopic (exact) mass is 291 g/mol. The number of aromatic nitrogens is 2. The minimum atomic E-state index is -0.834. The lowest BCUT2D eigenvalue weighted by molar-refractivity contribution is 0.0515. The van der Waals surface area contributed by atoms with Crippen molar-refractivity contribution in [3.05, 3.63) is 41.7 Å². The number of anilines is 1. The standard InChI is InChI=1S/C15H21N3OS/c1-11(2)13-17-14(20-18-13)16-10-9-15(3,19)12-7-5-4-6-8-12/h4-8,11,19H,9-10H2,1-3H3,(H,16,17,18). The molecule has 0 bridgehead atoms. The predicted molar refractivity (Wildman–Crippen MR) is 83.1 cm³/mol. The molecule has 2 aromatic rings. The van der Waals surface area contributed by atoms with Gasteiger partial charge in [0, 0.05) is 24.0 Å². The van der Waals surface area contributed by atoms with Crippen molar-refractivity contribution in [2.24, 2.45) is 0 Å². The van der Waals surface area contributed by atoms with E-state index in [1.54, 1.807) is 0 Å². The average Bonchev–Trinajstić information content (AvgIpc) is 2.89. The summed E-state index contributed by atoms with van der Waals surface area (Å²) < 4.78 is 4.29. The van der Waals surface area contributed by atoms with E-state index in [0.29, 0.717) is 18.9 Å². The van der Waals surface area contributed by atoms with E-state index in [-0.39, 0.29) is 0 Å². The second-order valence-electron chi connectivity index (χ2n) is 5.43. The molecule has 5 heteroatoms. The van der Waals surface area contributed by atoms with Crippen LogP contribution in [-0.2, 0) is 5.60 Å². The summed E-state index contributed by atoms with van der Waals surface area (Å²) in [4.78, 5) is 4.42. The van der Waals surface area contributed by atoms with Crippen LogP contribution in [0.2, 0.25) is 0 Å². The first kappa shape index (κ1) is 14.9. The third-order valence-electron chi connectivity index (χ3n) is 3.24. The lowest BCUT2D eigenvalue weighted by atomic mass is 9.93. The Bertz CT molecular complexity index is 537. The van der Waals surface area contributed by atoms with Gasteiger partial charge >= 0.3 is 0 Å².